The summed E-state index contributed by atoms with van der Waals surface area (Å²) in [6.07, 6.45) is 5.20. The van der Waals surface area contributed by atoms with Crippen LogP contribution in [0.5, 0.6) is 0 Å². The van der Waals surface area contributed by atoms with Gasteiger partial charge in [0.15, 0.2) is 5.65 Å². The SMILES string of the molecule is CN(C(=O)OC(C)(C)C)c1cc(Nc2cccn(C3CCOCC3)c2=O)nc2c(C(=O)NC3CC[C@@]3(C)O)cnn12. The highest BCUT2D eigenvalue weighted by Crippen LogP contribution is 2.32. The maximum Gasteiger partial charge on any atom is 0.415 e. The molecule has 3 aromatic heterocycles. The number of carbonyl (C=O) groups is 2. The van der Waals surface area contributed by atoms with Crippen LogP contribution in [0.25, 0.3) is 5.65 Å². The molecule has 2 aliphatic rings. The number of nitrogens with one attached hydrogen (secondary N) is 2. The molecule has 13 heteroatoms. The van der Waals surface area contributed by atoms with Gasteiger partial charge in [0.05, 0.1) is 17.8 Å². The molecule has 3 aromatic rings. The first-order valence-corrected chi connectivity index (χ1v) is 13.8. The van der Waals surface area contributed by atoms with Crippen molar-refractivity contribution in [2.45, 2.75) is 76.7 Å². The lowest BCUT2D eigenvalue weighted by molar-refractivity contribution is -0.0486. The van der Waals surface area contributed by atoms with Crippen molar-refractivity contribution in [3.8, 4) is 0 Å². The second kappa shape index (κ2) is 10.8. The zero-order valence-electron chi connectivity index (χ0n) is 24.0. The van der Waals surface area contributed by atoms with E-state index < -0.39 is 29.2 Å². The molecule has 1 saturated heterocycles. The summed E-state index contributed by atoms with van der Waals surface area (Å²) in [6.45, 7) is 8.15. The predicted molar refractivity (Wildman–Crippen MR) is 152 cm³/mol. The summed E-state index contributed by atoms with van der Waals surface area (Å²) in [6, 6.07) is 4.63. The number of anilines is 3. The summed E-state index contributed by atoms with van der Waals surface area (Å²) in [5.74, 6) is 0.0409. The number of pyridine rings is 1. The molecular formula is C28H37N7O6. The number of nitrogens with zero attached hydrogens (tertiary/aromatic N) is 5. The van der Waals surface area contributed by atoms with Crippen molar-refractivity contribution in [3.05, 3.63) is 46.5 Å². The molecular weight excluding hydrogens is 530 g/mol. The summed E-state index contributed by atoms with van der Waals surface area (Å²) in [4.78, 5) is 45.5. The molecule has 220 valence electrons. The van der Waals surface area contributed by atoms with Crippen LogP contribution in [-0.2, 0) is 9.47 Å². The number of aromatic nitrogens is 4. The molecule has 0 aromatic carbocycles. The van der Waals surface area contributed by atoms with Crippen LogP contribution < -0.4 is 21.1 Å². The topological polar surface area (TPSA) is 152 Å². The third kappa shape index (κ3) is 5.91. The van der Waals surface area contributed by atoms with Crippen LogP contribution in [0.3, 0.4) is 0 Å². The summed E-state index contributed by atoms with van der Waals surface area (Å²) in [7, 11) is 1.53. The van der Waals surface area contributed by atoms with Crippen LogP contribution in [0, 0.1) is 0 Å². The molecule has 1 aliphatic carbocycles. The van der Waals surface area contributed by atoms with Crippen molar-refractivity contribution in [1.29, 1.82) is 0 Å². The Morgan fingerprint density at radius 2 is 1.98 bits per heavy atom. The van der Waals surface area contributed by atoms with Crippen molar-refractivity contribution in [3.63, 3.8) is 0 Å². The first kappa shape index (κ1) is 28.6. The van der Waals surface area contributed by atoms with E-state index in [4.69, 9.17) is 9.47 Å². The second-order valence-electron chi connectivity index (χ2n) is 11.9. The van der Waals surface area contributed by atoms with Crippen molar-refractivity contribution in [2.75, 3.05) is 30.5 Å². The van der Waals surface area contributed by atoms with Gasteiger partial charge in [-0.1, -0.05) is 0 Å². The van der Waals surface area contributed by atoms with Gasteiger partial charge in [-0.3, -0.25) is 14.5 Å². The van der Waals surface area contributed by atoms with Crippen LogP contribution in [0.1, 0.15) is 69.8 Å². The van der Waals surface area contributed by atoms with Gasteiger partial charge in [0.1, 0.15) is 28.5 Å². The monoisotopic (exact) mass is 567 g/mol. The lowest BCUT2D eigenvalue weighted by Gasteiger charge is -2.42. The number of rotatable bonds is 6. The molecule has 4 heterocycles. The smallest absolute Gasteiger partial charge is 0.415 e. The highest BCUT2D eigenvalue weighted by atomic mass is 16.6. The van der Waals surface area contributed by atoms with Crippen LogP contribution >= 0.6 is 0 Å². The van der Waals surface area contributed by atoms with Gasteiger partial charge >= 0.3 is 6.09 Å². The van der Waals surface area contributed by atoms with Gasteiger partial charge in [-0.25, -0.2) is 9.78 Å². The summed E-state index contributed by atoms with van der Waals surface area (Å²) in [5.41, 5.74) is -1.34. The average molecular weight is 568 g/mol. The van der Waals surface area contributed by atoms with E-state index in [9.17, 15) is 19.5 Å². The van der Waals surface area contributed by atoms with Gasteiger partial charge in [0.2, 0.25) is 0 Å². The van der Waals surface area contributed by atoms with Crippen molar-refractivity contribution >= 4 is 35.0 Å². The highest BCUT2D eigenvalue weighted by molar-refractivity contribution is 6.00. The number of carbonyl (C=O) groups excluding carboxylic acids is 2. The molecule has 0 bridgehead atoms. The quantitative estimate of drug-likeness (QED) is 0.408. The third-order valence-corrected chi connectivity index (χ3v) is 7.53. The van der Waals surface area contributed by atoms with Gasteiger partial charge in [0, 0.05) is 38.6 Å². The normalized spacial score (nSPS) is 21.3. The standard InChI is InChI=1S/C28H37N7O6/c1-27(2,3)41-26(38)33(5)22-15-21(30-19-7-6-12-34(25(19)37)17-9-13-40-14-10-17)32-23-18(16-29-35(22)23)24(36)31-20-8-11-28(20,4)39/h6-7,12,15-17,20,39H,8-11,13-14H2,1-5H3,(H,30,32)(H,31,36)/t20?,28-/m1/s1. The molecule has 3 N–H and O–H groups in total. The van der Waals surface area contributed by atoms with Gasteiger partial charge in [0.25, 0.3) is 11.5 Å². The number of fused-ring (bicyclic) bond motifs is 1. The maximum absolute atomic E-state index is 13.4. The van der Waals surface area contributed by atoms with E-state index in [1.54, 1.807) is 56.7 Å². The highest BCUT2D eigenvalue weighted by Gasteiger charge is 2.42. The van der Waals surface area contributed by atoms with E-state index in [1.165, 1.54) is 22.7 Å². The Labute approximate surface area is 237 Å². The zero-order valence-corrected chi connectivity index (χ0v) is 24.0. The van der Waals surface area contributed by atoms with Crippen molar-refractivity contribution in [1.82, 2.24) is 24.5 Å². The Morgan fingerprint density at radius 1 is 1.24 bits per heavy atom. The number of ether oxygens (including phenoxy) is 2. The van der Waals surface area contributed by atoms with E-state index >= 15 is 0 Å². The Balaban J connectivity index is 1.54. The number of aliphatic hydroxyl groups is 1. The van der Waals surface area contributed by atoms with E-state index in [0.29, 0.717) is 26.1 Å². The maximum atomic E-state index is 13.4. The molecule has 0 radical (unpaired) electrons. The van der Waals surface area contributed by atoms with Gasteiger partial charge in [-0.15, -0.1) is 0 Å². The third-order valence-electron chi connectivity index (χ3n) is 7.53. The fraction of sp³-hybridized carbons (Fsp3) is 0.536. The molecule has 41 heavy (non-hydrogen) atoms. The largest absolute Gasteiger partial charge is 0.443 e. The molecule has 1 saturated carbocycles. The molecule has 13 nitrogen and oxygen atoms in total. The number of hydrogen-bond donors (Lipinski definition) is 3. The predicted octanol–water partition coefficient (Wildman–Crippen LogP) is 3.00. The number of amides is 2. The Bertz CT molecular complexity index is 1520. The van der Waals surface area contributed by atoms with E-state index in [0.717, 1.165) is 12.8 Å². The molecule has 0 spiro atoms. The van der Waals surface area contributed by atoms with E-state index in [1.807, 2.05) is 0 Å². The number of hydrogen-bond acceptors (Lipinski definition) is 9. The van der Waals surface area contributed by atoms with Gasteiger partial charge in [-0.2, -0.15) is 9.61 Å². The first-order valence-electron chi connectivity index (χ1n) is 13.8. The minimum Gasteiger partial charge on any atom is -0.443 e. The molecule has 5 rings (SSSR count). The first-order chi connectivity index (χ1) is 19.3. The van der Waals surface area contributed by atoms with Gasteiger partial charge < -0.3 is 29.8 Å². The lowest BCUT2D eigenvalue weighted by atomic mass is 9.76. The Morgan fingerprint density at radius 3 is 2.61 bits per heavy atom. The Kier molecular flexibility index (Phi) is 7.51. The van der Waals surface area contributed by atoms with Crippen LogP contribution in [0.15, 0.2) is 35.4 Å². The lowest BCUT2D eigenvalue weighted by Crippen LogP contribution is -2.58. The molecule has 2 amide bonds. The van der Waals surface area contributed by atoms with Crippen LogP contribution in [-0.4, -0.2) is 73.8 Å². The molecule has 1 unspecified atom stereocenters. The molecule has 2 atom stereocenters. The second-order valence-corrected chi connectivity index (χ2v) is 11.9. The Hall–Kier alpha value is -3.97. The van der Waals surface area contributed by atoms with Gasteiger partial charge in [-0.05, 0) is 65.5 Å². The minimum atomic E-state index is -0.988. The van der Waals surface area contributed by atoms with Crippen LogP contribution in [0.2, 0.25) is 0 Å². The summed E-state index contributed by atoms with van der Waals surface area (Å²) >= 11 is 0. The summed E-state index contributed by atoms with van der Waals surface area (Å²) in [5, 5.41) is 20.7. The molecule has 2 fully saturated rings. The fourth-order valence-corrected chi connectivity index (χ4v) is 5.00. The average Bonchev–Trinajstić information content (AvgIpc) is 3.35. The zero-order chi connectivity index (χ0) is 29.5. The van der Waals surface area contributed by atoms with E-state index in [2.05, 4.69) is 20.7 Å². The van der Waals surface area contributed by atoms with E-state index in [-0.39, 0.29) is 40.1 Å². The minimum absolute atomic E-state index is 0.0242. The molecule has 1 aliphatic heterocycles. The summed E-state index contributed by atoms with van der Waals surface area (Å²) < 4.78 is 14.1. The van der Waals surface area contributed by atoms with Crippen molar-refractivity contribution in [2.24, 2.45) is 0 Å². The van der Waals surface area contributed by atoms with Crippen molar-refractivity contribution < 1.29 is 24.2 Å². The van der Waals surface area contributed by atoms with Crippen LogP contribution in [0.4, 0.5) is 22.1 Å². The fourth-order valence-electron chi connectivity index (χ4n) is 5.00.